The van der Waals surface area contributed by atoms with Crippen molar-refractivity contribution >= 4 is 25.8 Å². The van der Waals surface area contributed by atoms with Crippen molar-refractivity contribution in [2.45, 2.75) is 29.5 Å². The van der Waals surface area contributed by atoms with Crippen molar-refractivity contribution in [3.8, 4) is 0 Å². The summed E-state index contributed by atoms with van der Waals surface area (Å²) in [5.74, 6) is 0.157. The van der Waals surface area contributed by atoms with Crippen LogP contribution in [-0.2, 0) is 9.84 Å². The monoisotopic (exact) mass is 256 g/mol. The fourth-order valence-corrected chi connectivity index (χ4v) is 2.06. The van der Waals surface area contributed by atoms with E-state index >= 15 is 0 Å². The molecule has 1 aliphatic carbocycles. The van der Waals surface area contributed by atoms with Crippen molar-refractivity contribution in [2.75, 3.05) is 6.26 Å². The molecule has 0 heterocycles. The van der Waals surface area contributed by atoms with E-state index in [1.54, 1.807) is 0 Å². The normalized spacial score (nSPS) is 26.3. The molecule has 0 aromatic carbocycles. The summed E-state index contributed by atoms with van der Waals surface area (Å²) in [4.78, 5) is 0. The molecule has 0 radical (unpaired) electrons. The Kier molecular flexibility index (Phi) is 2.58. The number of alkyl halides is 1. The predicted octanol–water partition coefficient (Wildman–Crippen LogP) is 0.913. The lowest BCUT2D eigenvalue weighted by Crippen LogP contribution is -2.41. The zero-order chi connectivity index (χ0) is 9.57. The van der Waals surface area contributed by atoms with Crippen molar-refractivity contribution in [2.24, 2.45) is 5.92 Å². The molecule has 1 aliphatic rings. The van der Waals surface area contributed by atoms with Gasteiger partial charge in [-0.3, -0.25) is 0 Å². The summed E-state index contributed by atoms with van der Waals surface area (Å²) < 4.78 is 21.3. The van der Waals surface area contributed by atoms with Gasteiger partial charge in [-0.25, -0.2) is 8.42 Å². The minimum atomic E-state index is -3.24. The molecule has 0 bridgehead atoms. The smallest absolute Gasteiger partial charge is 0.165 e. The number of aliphatic hydroxyl groups is 1. The summed E-state index contributed by atoms with van der Waals surface area (Å²) in [6.45, 7) is 1.51. The van der Waals surface area contributed by atoms with Crippen LogP contribution in [0.4, 0.5) is 0 Å². The molecule has 3 nitrogen and oxygen atoms in total. The summed E-state index contributed by atoms with van der Waals surface area (Å²) in [6.07, 6.45) is 2.20. The second-order valence-corrected chi connectivity index (χ2v) is 8.10. The van der Waals surface area contributed by atoms with Gasteiger partial charge in [-0.15, -0.1) is 0 Å². The lowest BCUT2D eigenvalue weighted by molar-refractivity contribution is 0.142. The predicted molar refractivity (Wildman–Crippen MR) is 50.9 cm³/mol. The largest absolute Gasteiger partial charge is 0.390 e. The van der Waals surface area contributed by atoms with Crippen LogP contribution in [0.5, 0.6) is 0 Å². The maximum atomic E-state index is 11.2. The second-order valence-electron chi connectivity index (χ2n) is 3.54. The van der Waals surface area contributed by atoms with E-state index in [-0.39, 0.29) is 5.92 Å². The van der Waals surface area contributed by atoms with Crippen LogP contribution in [0.2, 0.25) is 0 Å². The Labute approximate surface area is 81.2 Å². The molecule has 0 aromatic rings. The zero-order valence-corrected chi connectivity index (χ0v) is 9.52. The molecule has 0 spiro atoms. The minimum absolute atomic E-state index is 0.157. The molecule has 1 rings (SSSR count). The first-order valence-electron chi connectivity index (χ1n) is 3.83. The number of hydrogen-bond donors (Lipinski definition) is 1. The summed E-state index contributed by atoms with van der Waals surface area (Å²) in [5, 5.41) is 9.63. The number of halogens is 1. The minimum Gasteiger partial charge on any atom is -0.390 e. The molecule has 2 unspecified atom stereocenters. The Morgan fingerprint density at radius 2 is 2.00 bits per heavy atom. The molecular weight excluding hydrogens is 244 g/mol. The highest BCUT2D eigenvalue weighted by Gasteiger charge is 2.47. The standard InChI is InChI=1S/C7H13BrO3S/c1-7(8,12(2,10)11)6(9)5-3-4-5/h5-6,9H,3-4H2,1-2H3. The Morgan fingerprint density at radius 1 is 1.58 bits per heavy atom. The van der Waals surface area contributed by atoms with Crippen molar-refractivity contribution in [1.29, 1.82) is 0 Å². The van der Waals surface area contributed by atoms with Crippen LogP contribution in [-0.4, -0.2) is 29.5 Å². The van der Waals surface area contributed by atoms with E-state index in [9.17, 15) is 13.5 Å². The Morgan fingerprint density at radius 3 is 2.25 bits per heavy atom. The molecule has 0 aliphatic heterocycles. The van der Waals surface area contributed by atoms with Crippen LogP contribution in [0.25, 0.3) is 0 Å². The van der Waals surface area contributed by atoms with Crippen LogP contribution < -0.4 is 0 Å². The van der Waals surface area contributed by atoms with E-state index in [4.69, 9.17) is 0 Å². The Hall–Kier alpha value is 0.390. The summed E-state index contributed by atoms with van der Waals surface area (Å²) in [6, 6.07) is 0. The number of hydrogen-bond acceptors (Lipinski definition) is 3. The van der Waals surface area contributed by atoms with E-state index in [1.807, 2.05) is 0 Å². The van der Waals surface area contributed by atoms with Crippen LogP contribution in [0.3, 0.4) is 0 Å². The van der Waals surface area contributed by atoms with Crippen molar-refractivity contribution < 1.29 is 13.5 Å². The molecular formula is C7H13BrO3S. The third-order valence-electron chi connectivity index (χ3n) is 2.32. The van der Waals surface area contributed by atoms with Gasteiger partial charge in [0.05, 0.1) is 6.10 Å². The van der Waals surface area contributed by atoms with Gasteiger partial charge in [0, 0.05) is 6.26 Å². The second kappa shape index (κ2) is 2.96. The highest BCUT2D eigenvalue weighted by molar-refractivity contribution is 9.11. The maximum Gasteiger partial charge on any atom is 0.165 e. The fraction of sp³-hybridized carbons (Fsp3) is 1.00. The van der Waals surface area contributed by atoms with Gasteiger partial charge in [-0.2, -0.15) is 0 Å². The average molecular weight is 257 g/mol. The van der Waals surface area contributed by atoms with Gasteiger partial charge >= 0.3 is 0 Å². The van der Waals surface area contributed by atoms with Gasteiger partial charge in [-0.05, 0) is 25.7 Å². The first kappa shape index (κ1) is 10.5. The van der Waals surface area contributed by atoms with Crippen LogP contribution >= 0.6 is 15.9 Å². The molecule has 1 fully saturated rings. The molecule has 0 saturated heterocycles. The lowest BCUT2D eigenvalue weighted by atomic mass is 10.2. The third-order valence-corrected chi connectivity index (χ3v) is 6.25. The molecule has 12 heavy (non-hydrogen) atoms. The van der Waals surface area contributed by atoms with Crippen LogP contribution in [0.15, 0.2) is 0 Å². The molecule has 5 heteroatoms. The number of sulfone groups is 1. The quantitative estimate of drug-likeness (QED) is 0.765. The highest BCUT2D eigenvalue weighted by Crippen LogP contribution is 2.42. The Bertz CT molecular complexity index is 266. The van der Waals surface area contributed by atoms with Crippen LogP contribution in [0, 0.1) is 5.92 Å². The molecule has 1 N–H and O–H groups in total. The SMILES string of the molecule is CC(Br)(C(O)C1CC1)S(C)(=O)=O. The van der Waals surface area contributed by atoms with Gasteiger partial charge in [0.25, 0.3) is 0 Å². The van der Waals surface area contributed by atoms with Gasteiger partial charge < -0.3 is 5.11 Å². The zero-order valence-electron chi connectivity index (χ0n) is 7.12. The lowest BCUT2D eigenvalue weighted by Gasteiger charge is -2.26. The third kappa shape index (κ3) is 1.83. The van der Waals surface area contributed by atoms with Gasteiger partial charge in [0.1, 0.15) is 3.66 Å². The average Bonchev–Trinajstić information content (AvgIpc) is 2.64. The molecule has 0 amide bonds. The van der Waals surface area contributed by atoms with E-state index < -0.39 is 19.6 Å². The molecule has 2 atom stereocenters. The van der Waals surface area contributed by atoms with Gasteiger partial charge in [-0.1, -0.05) is 15.9 Å². The Balaban J connectivity index is 2.83. The van der Waals surface area contributed by atoms with E-state index in [0.717, 1.165) is 19.1 Å². The first-order chi connectivity index (χ1) is 5.27. The number of aliphatic hydroxyl groups excluding tert-OH is 1. The van der Waals surface area contributed by atoms with Crippen molar-refractivity contribution in [1.82, 2.24) is 0 Å². The fourth-order valence-electron chi connectivity index (χ4n) is 1.05. The molecule has 72 valence electrons. The highest BCUT2D eigenvalue weighted by atomic mass is 79.9. The summed E-state index contributed by atoms with van der Waals surface area (Å²) in [5.41, 5.74) is 0. The molecule has 0 aromatic heterocycles. The van der Waals surface area contributed by atoms with E-state index in [2.05, 4.69) is 15.9 Å². The summed E-state index contributed by atoms with van der Waals surface area (Å²) in [7, 11) is -3.24. The van der Waals surface area contributed by atoms with Crippen LogP contribution in [0.1, 0.15) is 19.8 Å². The first-order valence-corrected chi connectivity index (χ1v) is 6.52. The number of rotatable bonds is 3. The van der Waals surface area contributed by atoms with E-state index in [0.29, 0.717) is 0 Å². The topological polar surface area (TPSA) is 54.4 Å². The summed E-state index contributed by atoms with van der Waals surface area (Å²) >= 11 is 3.07. The van der Waals surface area contributed by atoms with Crippen molar-refractivity contribution in [3.05, 3.63) is 0 Å². The van der Waals surface area contributed by atoms with E-state index in [1.165, 1.54) is 6.92 Å². The van der Waals surface area contributed by atoms with Gasteiger partial charge in [0.2, 0.25) is 0 Å². The van der Waals surface area contributed by atoms with Crippen molar-refractivity contribution in [3.63, 3.8) is 0 Å². The maximum absolute atomic E-state index is 11.2. The molecule has 1 saturated carbocycles. The van der Waals surface area contributed by atoms with Gasteiger partial charge in [0.15, 0.2) is 9.84 Å².